The number of pyridine rings is 1. The standard InChI is InChI=1S/C45H43N2O2.Pt/c1-43(2,3)31-24-28(33-18-14-20-39-41(33)47-42(49-39)34-17-12-13-19-38(34)48)23-29(25-31)35-26-32(44(4,5)6)27-36-37(21-22-46-40(35)36)45(7,8)30-15-10-9-11-16-30;/h9-22,24-27,48H,1-8H3;/q-1;. The van der Waals surface area contributed by atoms with Crippen LogP contribution in [0.1, 0.15) is 77.6 Å². The van der Waals surface area contributed by atoms with Gasteiger partial charge >= 0.3 is 0 Å². The molecule has 2 heterocycles. The summed E-state index contributed by atoms with van der Waals surface area (Å²) in [6.07, 6.45) is 1.95. The van der Waals surface area contributed by atoms with Crippen molar-refractivity contribution in [2.45, 2.75) is 71.6 Å². The number of benzene rings is 5. The normalized spacial score (nSPS) is 12.3. The Morgan fingerprint density at radius 1 is 0.600 bits per heavy atom. The predicted octanol–water partition coefficient (Wildman–Crippen LogP) is 11.8. The molecule has 0 aliphatic heterocycles. The van der Waals surface area contributed by atoms with Crippen molar-refractivity contribution in [1.29, 1.82) is 0 Å². The molecular formula is C45H43N2O2Pt-. The van der Waals surface area contributed by atoms with Gasteiger partial charge in [-0.25, -0.2) is 4.98 Å². The molecule has 0 unspecified atom stereocenters. The molecule has 7 rings (SSSR count). The van der Waals surface area contributed by atoms with Crippen molar-refractivity contribution in [3.63, 3.8) is 0 Å². The molecule has 1 N–H and O–H groups in total. The number of fused-ring (bicyclic) bond motifs is 2. The summed E-state index contributed by atoms with van der Waals surface area (Å²) in [5.41, 5.74) is 11.3. The molecule has 0 fully saturated rings. The van der Waals surface area contributed by atoms with Gasteiger partial charge in [0.2, 0.25) is 5.89 Å². The van der Waals surface area contributed by atoms with Crippen LogP contribution >= 0.6 is 0 Å². The first kappa shape index (κ1) is 35.3. The number of nitrogens with zero attached hydrogens (tertiary/aromatic N) is 2. The fourth-order valence-corrected chi connectivity index (χ4v) is 6.68. The van der Waals surface area contributed by atoms with Crippen LogP contribution < -0.4 is 0 Å². The number of hydrogen-bond acceptors (Lipinski definition) is 4. The molecule has 4 nitrogen and oxygen atoms in total. The molecule has 0 aliphatic rings. The van der Waals surface area contributed by atoms with E-state index in [9.17, 15) is 5.11 Å². The molecule has 50 heavy (non-hydrogen) atoms. The van der Waals surface area contributed by atoms with Crippen LogP contribution in [0.2, 0.25) is 0 Å². The second kappa shape index (κ2) is 13.0. The van der Waals surface area contributed by atoms with Crippen molar-refractivity contribution in [2.24, 2.45) is 0 Å². The molecule has 0 spiro atoms. The Kier molecular flexibility index (Phi) is 9.16. The van der Waals surface area contributed by atoms with Crippen LogP contribution in [0.15, 0.2) is 114 Å². The molecule has 5 heteroatoms. The van der Waals surface area contributed by atoms with E-state index in [0.29, 0.717) is 17.0 Å². The topological polar surface area (TPSA) is 59.2 Å². The van der Waals surface area contributed by atoms with Gasteiger partial charge in [0.05, 0.1) is 11.1 Å². The molecule has 0 amide bonds. The van der Waals surface area contributed by atoms with E-state index in [0.717, 1.165) is 38.7 Å². The van der Waals surface area contributed by atoms with E-state index < -0.39 is 0 Å². The van der Waals surface area contributed by atoms with Crippen LogP contribution in [0.5, 0.6) is 5.75 Å². The summed E-state index contributed by atoms with van der Waals surface area (Å²) in [6.45, 7) is 18.1. The summed E-state index contributed by atoms with van der Waals surface area (Å²) in [5, 5.41) is 11.7. The molecular weight excluding hydrogens is 796 g/mol. The van der Waals surface area contributed by atoms with Crippen LogP contribution in [0, 0.1) is 6.07 Å². The summed E-state index contributed by atoms with van der Waals surface area (Å²) < 4.78 is 6.21. The largest absolute Gasteiger partial charge is 0.507 e. The molecule has 0 aliphatic carbocycles. The number of phenols is 1. The maximum Gasteiger partial charge on any atom is 0.230 e. The molecule has 0 saturated carbocycles. The average molecular weight is 839 g/mol. The smallest absolute Gasteiger partial charge is 0.230 e. The third-order valence-corrected chi connectivity index (χ3v) is 9.75. The second-order valence-electron chi connectivity index (χ2n) is 15.7. The Hall–Kier alpha value is -4.53. The van der Waals surface area contributed by atoms with Gasteiger partial charge in [0.15, 0.2) is 0 Å². The Balaban J connectivity index is 0.00000432. The van der Waals surface area contributed by atoms with Crippen LogP contribution in [0.3, 0.4) is 0 Å². The molecule has 256 valence electrons. The fourth-order valence-electron chi connectivity index (χ4n) is 6.68. The van der Waals surface area contributed by atoms with Gasteiger partial charge in [-0.05, 0) is 57.2 Å². The number of phenolic OH excluding ortho intramolecular Hbond substituents is 1. The maximum atomic E-state index is 10.6. The van der Waals surface area contributed by atoms with Crippen LogP contribution in [0.25, 0.3) is 55.7 Å². The fraction of sp³-hybridized carbons (Fsp3) is 0.244. The summed E-state index contributed by atoms with van der Waals surface area (Å²) in [7, 11) is 0. The molecule has 2 aromatic heterocycles. The maximum absolute atomic E-state index is 10.6. The van der Waals surface area contributed by atoms with E-state index in [-0.39, 0.29) is 43.1 Å². The Morgan fingerprint density at radius 2 is 1.22 bits per heavy atom. The zero-order valence-electron chi connectivity index (χ0n) is 30.0. The van der Waals surface area contributed by atoms with Gasteiger partial charge in [-0.1, -0.05) is 133 Å². The Labute approximate surface area is 309 Å². The van der Waals surface area contributed by atoms with Gasteiger partial charge in [-0.2, -0.15) is 0 Å². The first-order valence-electron chi connectivity index (χ1n) is 17.0. The Morgan fingerprint density at radius 3 is 1.90 bits per heavy atom. The third-order valence-electron chi connectivity index (χ3n) is 9.75. The number of aromatic hydroxyl groups is 1. The molecule has 0 bridgehead atoms. The van der Waals surface area contributed by atoms with Gasteiger partial charge in [0, 0.05) is 38.2 Å². The van der Waals surface area contributed by atoms with E-state index in [1.165, 1.54) is 22.3 Å². The minimum atomic E-state index is -0.244. The van der Waals surface area contributed by atoms with Gasteiger partial charge in [-0.15, -0.1) is 34.9 Å². The van der Waals surface area contributed by atoms with Crippen LogP contribution in [-0.2, 0) is 37.3 Å². The number of hydrogen-bond donors (Lipinski definition) is 1. The first-order chi connectivity index (χ1) is 23.2. The van der Waals surface area contributed by atoms with E-state index in [1.807, 2.05) is 30.5 Å². The van der Waals surface area contributed by atoms with Crippen molar-refractivity contribution < 1.29 is 30.6 Å². The van der Waals surface area contributed by atoms with Gasteiger partial charge in [-0.3, -0.25) is 4.98 Å². The van der Waals surface area contributed by atoms with Crippen molar-refractivity contribution in [1.82, 2.24) is 9.97 Å². The minimum Gasteiger partial charge on any atom is -0.507 e. The molecule has 0 saturated heterocycles. The number of para-hydroxylation sites is 2. The van der Waals surface area contributed by atoms with Crippen molar-refractivity contribution in [3.05, 3.63) is 138 Å². The van der Waals surface area contributed by atoms with Crippen LogP contribution in [-0.4, -0.2) is 15.1 Å². The van der Waals surface area contributed by atoms with E-state index in [2.05, 4.69) is 128 Å². The van der Waals surface area contributed by atoms with Gasteiger partial charge in [0.25, 0.3) is 0 Å². The third kappa shape index (κ3) is 6.42. The van der Waals surface area contributed by atoms with Crippen molar-refractivity contribution >= 4 is 22.0 Å². The van der Waals surface area contributed by atoms with Crippen molar-refractivity contribution in [2.75, 3.05) is 0 Å². The van der Waals surface area contributed by atoms with Gasteiger partial charge in [0.1, 0.15) is 11.3 Å². The zero-order valence-corrected chi connectivity index (χ0v) is 32.2. The summed E-state index contributed by atoms with van der Waals surface area (Å²) in [4.78, 5) is 9.99. The molecule has 0 atom stereocenters. The SMILES string of the molecule is CC(C)(C)c1cc(-c2cccc3oc(-c4ccccc4O)nc23)[c-]c(-c2cc(C(C)(C)C)cc3c(C(C)(C)c4ccccc4)ccnc23)c1.[Pt]. The minimum absolute atomic E-state index is 0. The summed E-state index contributed by atoms with van der Waals surface area (Å²) in [6, 6.07) is 39.0. The van der Waals surface area contributed by atoms with Crippen LogP contribution in [0.4, 0.5) is 0 Å². The Bertz CT molecular complexity index is 2340. The summed E-state index contributed by atoms with van der Waals surface area (Å²) in [5.74, 6) is 0.515. The summed E-state index contributed by atoms with van der Waals surface area (Å²) >= 11 is 0. The average Bonchev–Trinajstić information content (AvgIpc) is 3.51. The zero-order chi connectivity index (χ0) is 34.7. The monoisotopic (exact) mass is 838 g/mol. The number of aromatic nitrogens is 2. The number of oxazole rings is 1. The molecule has 0 radical (unpaired) electrons. The van der Waals surface area contributed by atoms with E-state index in [1.54, 1.807) is 12.1 Å². The second-order valence-corrected chi connectivity index (χ2v) is 15.7. The first-order valence-corrected chi connectivity index (χ1v) is 17.0. The van der Waals surface area contributed by atoms with Gasteiger partial charge < -0.3 is 9.52 Å². The number of rotatable bonds is 5. The van der Waals surface area contributed by atoms with Crippen molar-refractivity contribution in [3.8, 4) is 39.5 Å². The molecule has 5 aromatic carbocycles. The van der Waals surface area contributed by atoms with E-state index in [4.69, 9.17) is 14.4 Å². The molecule has 7 aromatic rings. The quantitative estimate of drug-likeness (QED) is 0.175. The predicted molar refractivity (Wildman–Crippen MR) is 202 cm³/mol. The van der Waals surface area contributed by atoms with E-state index >= 15 is 0 Å².